The Bertz CT molecular complexity index is 1130. The number of rotatable bonds is 4. The van der Waals surface area contributed by atoms with Crippen LogP contribution in [0.3, 0.4) is 0 Å². The summed E-state index contributed by atoms with van der Waals surface area (Å²) in [5.74, 6) is 0.888. The highest BCUT2D eigenvalue weighted by Crippen LogP contribution is 2.32. The van der Waals surface area contributed by atoms with Gasteiger partial charge in [-0.25, -0.2) is 4.98 Å². The van der Waals surface area contributed by atoms with Crippen LogP contribution in [0, 0.1) is 6.92 Å². The molecule has 2 aromatic heterocycles. The summed E-state index contributed by atoms with van der Waals surface area (Å²) in [6, 6.07) is 18.5. The van der Waals surface area contributed by atoms with Crippen molar-refractivity contribution in [3.8, 4) is 17.0 Å². The first-order chi connectivity index (χ1) is 13.1. The largest absolute Gasteiger partial charge is 0.496 e. The summed E-state index contributed by atoms with van der Waals surface area (Å²) in [6.07, 6.45) is 2.81. The molecule has 3 nitrogen and oxygen atoms in total. The predicted molar refractivity (Wildman–Crippen MR) is 117 cm³/mol. The van der Waals surface area contributed by atoms with E-state index in [4.69, 9.17) is 9.72 Å². The summed E-state index contributed by atoms with van der Waals surface area (Å²) in [4.78, 5) is 5.00. The number of ether oxygens (including phenoxy) is 1. The molecule has 4 aromatic rings. The molecule has 4 rings (SSSR count). The third kappa shape index (κ3) is 3.54. The van der Waals surface area contributed by atoms with Crippen molar-refractivity contribution in [3.05, 3.63) is 86.6 Å². The lowest BCUT2D eigenvalue weighted by atomic mass is 10.0. The summed E-state index contributed by atoms with van der Waals surface area (Å²) in [5, 5.41) is 0. The zero-order valence-electron chi connectivity index (χ0n) is 15.0. The number of benzene rings is 2. The predicted octanol–water partition coefficient (Wildman–Crippen LogP) is 6.43. The fourth-order valence-corrected chi connectivity index (χ4v) is 4.33. The van der Waals surface area contributed by atoms with E-state index in [1.54, 1.807) is 7.11 Å². The van der Waals surface area contributed by atoms with Crippen LogP contribution in [-0.2, 0) is 6.42 Å². The number of methoxy groups -OCH3 is 1. The van der Waals surface area contributed by atoms with Gasteiger partial charge in [0.15, 0.2) is 0 Å². The highest BCUT2D eigenvalue weighted by atomic mass is 79.9. The van der Waals surface area contributed by atoms with Crippen molar-refractivity contribution < 1.29 is 4.74 Å². The molecule has 0 spiro atoms. The van der Waals surface area contributed by atoms with E-state index in [-0.39, 0.29) is 0 Å². The van der Waals surface area contributed by atoms with Crippen molar-refractivity contribution in [2.75, 3.05) is 7.11 Å². The third-order valence-electron chi connectivity index (χ3n) is 4.62. The Morgan fingerprint density at radius 3 is 2.59 bits per heavy atom. The second kappa shape index (κ2) is 7.49. The van der Waals surface area contributed by atoms with Gasteiger partial charge in [0.1, 0.15) is 11.4 Å². The zero-order valence-corrected chi connectivity index (χ0v) is 18.2. The van der Waals surface area contributed by atoms with E-state index in [1.807, 2.05) is 30.3 Å². The number of aromatic nitrogens is 2. The van der Waals surface area contributed by atoms with Crippen molar-refractivity contribution in [2.45, 2.75) is 13.3 Å². The molecule has 0 bridgehead atoms. The number of nitrogens with zero attached hydrogens (tertiary/aromatic N) is 2. The van der Waals surface area contributed by atoms with Crippen LogP contribution in [0.15, 0.2) is 69.7 Å². The van der Waals surface area contributed by atoms with Gasteiger partial charge in [0.2, 0.25) is 0 Å². The minimum absolute atomic E-state index is 0.725. The van der Waals surface area contributed by atoms with Crippen LogP contribution in [0.5, 0.6) is 5.75 Å². The van der Waals surface area contributed by atoms with Crippen LogP contribution in [0.4, 0.5) is 0 Å². The SMILES string of the molecule is COc1ccccc1Cc1c(-c2cccc(Br)c2)nc2c(C)cc(Br)cn12. The highest BCUT2D eigenvalue weighted by molar-refractivity contribution is 9.10. The first kappa shape index (κ1) is 18.3. The summed E-state index contributed by atoms with van der Waals surface area (Å²) in [6.45, 7) is 2.09. The molecule has 136 valence electrons. The van der Waals surface area contributed by atoms with Crippen molar-refractivity contribution in [1.29, 1.82) is 0 Å². The van der Waals surface area contributed by atoms with Gasteiger partial charge in [-0.05, 0) is 52.7 Å². The van der Waals surface area contributed by atoms with E-state index in [0.717, 1.165) is 54.8 Å². The summed E-state index contributed by atoms with van der Waals surface area (Å²) < 4.78 is 9.83. The smallest absolute Gasteiger partial charge is 0.140 e. The van der Waals surface area contributed by atoms with Crippen LogP contribution in [0.2, 0.25) is 0 Å². The maximum atomic E-state index is 5.57. The Hall–Kier alpha value is -2.11. The molecule has 0 radical (unpaired) electrons. The first-order valence-electron chi connectivity index (χ1n) is 8.61. The average molecular weight is 486 g/mol. The number of fused-ring (bicyclic) bond motifs is 1. The van der Waals surface area contributed by atoms with E-state index in [9.17, 15) is 0 Å². The molecule has 2 heterocycles. The van der Waals surface area contributed by atoms with Crippen LogP contribution in [0.1, 0.15) is 16.8 Å². The summed E-state index contributed by atoms with van der Waals surface area (Å²) in [7, 11) is 1.71. The van der Waals surface area contributed by atoms with E-state index < -0.39 is 0 Å². The molecule has 0 amide bonds. The Labute approximate surface area is 175 Å². The second-order valence-electron chi connectivity index (χ2n) is 6.44. The van der Waals surface area contributed by atoms with Gasteiger partial charge in [-0.1, -0.05) is 46.3 Å². The Morgan fingerprint density at radius 1 is 1.00 bits per heavy atom. The monoisotopic (exact) mass is 484 g/mol. The van der Waals surface area contributed by atoms with Crippen LogP contribution >= 0.6 is 31.9 Å². The van der Waals surface area contributed by atoms with Crippen molar-refractivity contribution >= 4 is 37.5 Å². The van der Waals surface area contributed by atoms with Gasteiger partial charge in [0.05, 0.1) is 18.5 Å². The zero-order chi connectivity index (χ0) is 19.0. The van der Waals surface area contributed by atoms with E-state index in [1.165, 1.54) is 0 Å². The molecule has 0 atom stereocenters. The molecule has 5 heteroatoms. The topological polar surface area (TPSA) is 26.5 Å². The summed E-state index contributed by atoms with van der Waals surface area (Å²) in [5.41, 5.74) is 6.45. The van der Waals surface area contributed by atoms with Gasteiger partial charge >= 0.3 is 0 Å². The fraction of sp³-hybridized carbons (Fsp3) is 0.136. The van der Waals surface area contributed by atoms with Crippen molar-refractivity contribution in [3.63, 3.8) is 0 Å². The Kier molecular flexibility index (Phi) is 5.06. The number of hydrogen-bond acceptors (Lipinski definition) is 2. The van der Waals surface area contributed by atoms with E-state index in [2.05, 4.69) is 73.6 Å². The summed E-state index contributed by atoms with van der Waals surface area (Å²) >= 11 is 7.21. The molecular weight excluding hydrogens is 468 g/mol. The fourth-order valence-electron chi connectivity index (χ4n) is 3.38. The second-order valence-corrected chi connectivity index (χ2v) is 8.27. The first-order valence-corrected chi connectivity index (χ1v) is 10.2. The van der Waals surface area contributed by atoms with Gasteiger partial charge < -0.3 is 9.14 Å². The number of halogens is 2. The molecule has 0 N–H and O–H groups in total. The molecule has 0 saturated carbocycles. The minimum atomic E-state index is 0.725. The molecule has 0 fully saturated rings. The molecule has 0 aliphatic carbocycles. The lowest BCUT2D eigenvalue weighted by Gasteiger charge is -2.10. The van der Waals surface area contributed by atoms with Gasteiger partial charge in [-0.2, -0.15) is 0 Å². The maximum absolute atomic E-state index is 5.57. The normalized spacial score (nSPS) is 11.1. The molecular formula is C22H18Br2N2O. The minimum Gasteiger partial charge on any atom is -0.496 e. The molecule has 0 aliphatic heterocycles. The molecule has 0 unspecified atom stereocenters. The molecule has 27 heavy (non-hydrogen) atoms. The lowest BCUT2D eigenvalue weighted by Crippen LogP contribution is -1.99. The number of aryl methyl sites for hydroxylation is 1. The Balaban J connectivity index is 1.97. The van der Waals surface area contributed by atoms with Gasteiger partial charge in [-0.3, -0.25) is 0 Å². The Morgan fingerprint density at radius 2 is 1.81 bits per heavy atom. The van der Waals surface area contributed by atoms with E-state index >= 15 is 0 Å². The number of hydrogen-bond donors (Lipinski definition) is 0. The average Bonchev–Trinajstić information content (AvgIpc) is 3.01. The number of imidazole rings is 1. The van der Waals surface area contributed by atoms with E-state index in [0.29, 0.717) is 0 Å². The standard InChI is InChI=1S/C22H18Br2N2O/c1-14-10-18(24)13-26-19(12-15-6-3-4-9-20(15)27-2)21(25-22(14)26)16-7-5-8-17(23)11-16/h3-11,13H,12H2,1-2H3. The van der Waals surface area contributed by atoms with Crippen molar-refractivity contribution in [1.82, 2.24) is 9.38 Å². The van der Waals surface area contributed by atoms with Crippen LogP contribution in [0.25, 0.3) is 16.9 Å². The van der Waals surface area contributed by atoms with Crippen LogP contribution in [-0.4, -0.2) is 16.5 Å². The molecule has 0 aliphatic rings. The highest BCUT2D eigenvalue weighted by Gasteiger charge is 2.18. The molecule has 2 aromatic carbocycles. The van der Waals surface area contributed by atoms with Crippen LogP contribution < -0.4 is 4.74 Å². The maximum Gasteiger partial charge on any atom is 0.140 e. The van der Waals surface area contributed by atoms with Crippen molar-refractivity contribution in [2.24, 2.45) is 0 Å². The molecule has 0 saturated heterocycles. The third-order valence-corrected chi connectivity index (χ3v) is 5.54. The lowest BCUT2D eigenvalue weighted by molar-refractivity contribution is 0.410. The van der Waals surface area contributed by atoms with Gasteiger partial charge in [0, 0.05) is 32.7 Å². The quantitative estimate of drug-likeness (QED) is 0.332. The number of para-hydroxylation sites is 1. The van der Waals surface area contributed by atoms with Gasteiger partial charge in [-0.15, -0.1) is 0 Å². The number of pyridine rings is 1. The van der Waals surface area contributed by atoms with Gasteiger partial charge in [0.25, 0.3) is 0 Å².